The Morgan fingerprint density at radius 3 is 2.78 bits per heavy atom. The molecule has 96 valence electrons. The molecular formula is C14H16ClNO2. The number of nitrogens with zero attached hydrogens (tertiary/aromatic N) is 1. The van der Waals surface area contributed by atoms with Crippen molar-refractivity contribution in [3.8, 4) is 0 Å². The van der Waals surface area contributed by atoms with E-state index >= 15 is 0 Å². The highest BCUT2D eigenvalue weighted by atomic mass is 35.5. The lowest BCUT2D eigenvalue weighted by Gasteiger charge is -2.04. The van der Waals surface area contributed by atoms with Crippen LogP contribution in [0.25, 0.3) is 10.9 Å². The number of carboxylic acid groups (broad SMARTS) is 1. The summed E-state index contributed by atoms with van der Waals surface area (Å²) >= 11 is 6.16. The van der Waals surface area contributed by atoms with E-state index in [1.807, 2.05) is 24.4 Å². The van der Waals surface area contributed by atoms with Crippen molar-refractivity contribution in [2.45, 2.75) is 32.2 Å². The van der Waals surface area contributed by atoms with Gasteiger partial charge in [0.2, 0.25) is 0 Å². The van der Waals surface area contributed by atoms with Crippen molar-refractivity contribution in [1.29, 1.82) is 0 Å². The summed E-state index contributed by atoms with van der Waals surface area (Å²) in [6.07, 6.45) is 4.84. The highest BCUT2D eigenvalue weighted by Crippen LogP contribution is 2.25. The summed E-state index contributed by atoms with van der Waals surface area (Å²) in [5.41, 5.74) is 1.14. The summed E-state index contributed by atoms with van der Waals surface area (Å²) in [6.45, 7) is 0.882. The number of carbonyl (C=O) groups is 1. The molecule has 3 nitrogen and oxygen atoms in total. The van der Waals surface area contributed by atoms with Gasteiger partial charge in [-0.25, -0.2) is 0 Å². The molecule has 0 radical (unpaired) electrons. The highest BCUT2D eigenvalue weighted by molar-refractivity contribution is 6.35. The number of aliphatic carboxylic acids is 1. The van der Waals surface area contributed by atoms with Gasteiger partial charge in [-0.1, -0.05) is 36.2 Å². The molecule has 0 aliphatic rings. The van der Waals surface area contributed by atoms with Gasteiger partial charge in [0, 0.05) is 30.1 Å². The molecule has 1 N–H and O–H groups in total. The number of hydrogen-bond acceptors (Lipinski definition) is 1. The van der Waals surface area contributed by atoms with Crippen LogP contribution in [0.15, 0.2) is 30.5 Å². The third-order valence-corrected chi connectivity index (χ3v) is 3.33. The summed E-state index contributed by atoms with van der Waals surface area (Å²) in [5, 5.41) is 10.4. The first-order valence-corrected chi connectivity index (χ1v) is 6.51. The molecule has 0 saturated carbocycles. The number of unbranched alkanes of at least 4 members (excludes halogenated alkanes) is 2. The zero-order valence-electron chi connectivity index (χ0n) is 10.1. The van der Waals surface area contributed by atoms with Gasteiger partial charge in [-0.15, -0.1) is 0 Å². The Morgan fingerprint density at radius 1 is 1.22 bits per heavy atom. The number of carboxylic acids is 1. The molecule has 18 heavy (non-hydrogen) atoms. The molecule has 0 amide bonds. The zero-order valence-corrected chi connectivity index (χ0v) is 10.9. The standard InChI is InChI=1S/C14H16ClNO2/c15-12-10-16(9-5-1-2-8-14(17)18)13-7-4-3-6-11(12)13/h3-4,6-7,10H,1-2,5,8-9H2,(H,17,18). The van der Waals surface area contributed by atoms with Crippen LogP contribution in [0.5, 0.6) is 0 Å². The highest BCUT2D eigenvalue weighted by Gasteiger charge is 2.05. The fourth-order valence-electron chi connectivity index (χ4n) is 2.12. The van der Waals surface area contributed by atoms with Gasteiger partial charge in [0.15, 0.2) is 0 Å². The number of rotatable bonds is 6. The van der Waals surface area contributed by atoms with E-state index in [-0.39, 0.29) is 6.42 Å². The Hall–Kier alpha value is -1.48. The number of halogens is 1. The lowest BCUT2D eigenvalue weighted by atomic mass is 10.2. The Labute approximate surface area is 111 Å². The second-order valence-electron chi connectivity index (χ2n) is 4.39. The molecule has 0 bridgehead atoms. The van der Waals surface area contributed by atoms with E-state index in [0.717, 1.165) is 41.7 Å². The number of benzene rings is 1. The van der Waals surface area contributed by atoms with Crippen LogP contribution in [0.1, 0.15) is 25.7 Å². The Bertz CT molecular complexity index is 548. The minimum Gasteiger partial charge on any atom is -0.481 e. The largest absolute Gasteiger partial charge is 0.481 e. The predicted octanol–water partition coefficient (Wildman–Crippen LogP) is 3.94. The van der Waals surface area contributed by atoms with Crippen LogP contribution in [0.2, 0.25) is 5.02 Å². The first-order chi connectivity index (χ1) is 8.68. The molecule has 0 fully saturated rings. The maximum atomic E-state index is 10.4. The van der Waals surface area contributed by atoms with Gasteiger partial charge in [-0.3, -0.25) is 4.79 Å². The van der Waals surface area contributed by atoms with Gasteiger partial charge in [-0.05, 0) is 18.9 Å². The molecule has 2 rings (SSSR count). The van der Waals surface area contributed by atoms with Crippen LogP contribution in [0.3, 0.4) is 0 Å². The molecule has 0 spiro atoms. The van der Waals surface area contributed by atoms with Crippen LogP contribution in [-0.2, 0) is 11.3 Å². The van der Waals surface area contributed by atoms with Gasteiger partial charge < -0.3 is 9.67 Å². The number of aromatic nitrogens is 1. The topological polar surface area (TPSA) is 42.2 Å². The van der Waals surface area contributed by atoms with E-state index in [2.05, 4.69) is 10.6 Å². The molecule has 0 atom stereocenters. The van der Waals surface area contributed by atoms with Crippen molar-refractivity contribution >= 4 is 28.5 Å². The van der Waals surface area contributed by atoms with Crippen molar-refractivity contribution in [3.05, 3.63) is 35.5 Å². The van der Waals surface area contributed by atoms with E-state index in [1.54, 1.807) is 0 Å². The van der Waals surface area contributed by atoms with Crippen LogP contribution >= 0.6 is 11.6 Å². The Morgan fingerprint density at radius 2 is 2.00 bits per heavy atom. The second-order valence-corrected chi connectivity index (χ2v) is 4.80. The van der Waals surface area contributed by atoms with Crippen molar-refractivity contribution in [3.63, 3.8) is 0 Å². The molecule has 1 aromatic carbocycles. The molecule has 0 saturated heterocycles. The van der Waals surface area contributed by atoms with Crippen LogP contribution in [0.4, 0.5) is 0 Å². The zero-order chi connectivity index (χ0) is 13.0. The maximum absolute atomic E-state index is 10.4. The van der Waals surface area contributed by atoms with Gasteiger partial charge in [0.25, 0.3) is 0 Å². The molecule has 0 aliphatic heterocycles. The third kappa shape index (κ3) is 3.05. The van der Waals surface area contributed by atoms with E-state index in [0.29, 0.717) is 0 Å². The van der Waals surface area contributed by atoms with E-state index < -0.39 is 5.97 Å². The minimum absolute atomic E-state index is 0.257. The molecule has 0 aliphatic carbocycles. The van der Waals surface area contributed by atoms with Crippen LogP contribution < -0.4 is 0 Å². The average Bonchev–Trinajstić information content (AvgIpc) is 2.66. The lowest BCUT2D eigenvalue weighted by molar-refractivity contribution is -0.137. The summed E-state index contributed by atoms with van der Waals surface area (Å²) < 4.78 is 2.14. The van der Waals surface area contributed by atoms with E-state index in [1.165, 1.54) is 0 Å². The first-order valence-electron chi connectivity index (χ1n) is 6.13. The summed E-state index contributed by atoms with van der Waals surface area (Å²) in [4.78, 5) is 10.4. The summed E-state index contributed by atoms with van der Waals surface area (Å²) in [5.74, 6) is -0.718. The molecular weight excluding hydrogens is 250 g/mol. The molecule has 0 unspecified atom stereocenters. The predicted molar refractivity (Wildman–Crippen MR) is 73.1 cm³/mol. The molecule has 2 aromatic rings. The fraction of sp³-hybridized carbons (Fsp3) is 0.357. The van der Waals surface area contributed by atoms with Crippen molar-refractivity contribution in [1.82, 2.24) is 4.57 Å². The number of aryl methyl sites for hydroxylation is 1. The lowest BCUT2D eigenvalue weighted by Crippen LogP contribution is -1.98. The SMILES string of the molecule is O=C(O)CCCCCn1cc(Cl)c2ccccc21. The maximum Gasteiger partial charge on any atom is 0.303 e. The van der Waals surface area contributed by atoms with Gasteiger partial charge in [0.1, 0.15) is 0 Å². The Kier molecular flexibility index (Phi) is 4.26. The monoisotopic (exact) mass is 265 g/mol. The Balaban J connectivity index is 1.94. The van der Waals surface area contributed by atoms with Crippen molar-refractivity contribution < 1.29 is 9.90 Å². The smallest absolute Gasteiger partial charge is 0.303 e. The van der Waals surface area contributed by atoms with E-state index in [9.17, 15) is 4.79 Å². The number of para-hydroxylation sites is 1. The number of fused-ring (bicyclic) bond motifs is 1. The molecule has 1 heterocycles. The van der Waals surface area contributed by atoms with Crippen molar-refractivity contribution in [2.24, 2.45) is 0 Å². The van der Waals surface area contributed by atoms with Gasteiger partial charge >= 0.3 is 5.97 Å². The number of hydrogen-bond donors (Lipinski definition) is 1. The molecule has 4 heteroatoms. The summed E-state index contributed by atoms with van der Waals surface area (Å²) in [6, 6.07) is 8.04. The van der Waals surface area contributed by atoms with E-state index in [4.69, 9.17) is 16.7 Å². The minimum atomic E-state index is -0.718. The first kappa shape index (κ1) is 13.0. The van der Waals surface area contributed by atoms with Crippen LogP contribution in [0, 0.1) is 0 Å². The fourth-order valence-corrected chi connectivity index (χ4v) is 2.40. The quantitative estimate of drug-likeness (QED) is 0.804. The van der Waals surface area contributed by atoms with Gasteiger partial charge in [0.05, 0.1) is 5.02 Å². The van der Waals surface area contributed by atoms with Crippen LogP contribution in [-0.4, -0.2) is 15.6 Å². The third-order valence-electron chi connectivity index (χ3n) is 3.03. The van der Waals surface area contributed by atoms with Gasteiger partial charge in [-0.2, -0.15) is 0 Å². The summed E-state index contributed by atoms with van der Waals surface area (Å²) in [7, 11) is 0. The molecule has 1 aromatic heterocycles. The normalized spacial score (nSPS) is 10.9. The average molecular weight is 266 g/mol. The van der Waals surface area contributed by atoms with Crippen molar-refractivity contribution in [2.75, 3.05) is 0 Å². The second kappa shape index (κ2) is 5.91.